The van der Waals surface area contributed by atoms with E-state index in [4.69, 9.17) is 8.94 Å². The number of aliphatic hydroxyl groups is 1. The minimum Gasteiger partial charge on any atom is -0.395 e. The molecule has 0 spiro atoms. The van der Waals surface area contributed by atoms with Crippen LogP contribution in [0.25, 0.3) is 11.7 Å². The third-order valence-electron chi connectivity index (χ3n) is 2.28. The van der Waals surface area contributed by atoms with Gasteiger partial charge in [-0.05, 0) is 12.5 Å². The molecule has 8 heteroatoms. The number of furan rings is 1. The van der Waals surface area contributed by atoms with Crippen molar-refractivity contribution in [2.45, 2.75) is 25.9 Å². The van der Waals surface area contributed by atoms with Gasteiger partial charge in [-0.1, -0.05) is 18.5 Å². The predicted octanol–water partition coefficient (Wildman–Crippen LogP) is 2.07. The molecule has 2 aromatic rings. The lowest BCUT2D eigenvalue weighted by atomic mass is 10.2. The van der Waals surface area contributed by atoms with Gasteiger partial charge in [-0.3, -0.25) is 10.1 Å². The molecular formula is C10H11N3O5. The average Bonchev–Trinajstić information content (AvgIpc) is 2.98. The molecule has 0 aliphatic heterocycles. The van der Waals surface area contributed by atoms with E-state index < -0.39 is 16.9 Å². The Labute approximate surface area is 101 Å². The van der Waals surface area contributed by atoms with Gasteiger partial charge >= 0.3 is 5.88 Å². The Balaban J connectivity index is 2.20. The largest absolute Gasteiger partial charge is 0.433 e. The fourth-order valence-electron chi connectivity index (χ4n) is 1.41. The minimum atomic E-state index is -0.808. The van der Waals surface area contributed by atoms with Crippen LogP contribution in [0.5, 0.6) is 0 Å². The van der Waals surface area contributed by atoms with Crippen LogP contribution in [0.2, 0.25) is 0 Å². The van der Waals surface area contributed by atoms with E-state index in [1.807, 2.05) is 6.92 Å². The number of rotatable bonds is 5. The van der Waals surface area contributed by atoms with Crippen LogP contribution in [-0.4, -0.2) is 20.2 Å². The number of aliphatic hydroxyl groups excluding tert-OH is 1. The average molecular weight is 253 g/mol. The first-order valence-electron chi connectivity index (χ1n) is 5.38. The first kappa shape index (κ1) is 12.2. The molecule has 1 N–H and O–H groups in total. The Hall–Kier alpha value is -2.22. The van der Waals surface area contributed by atoms with E-state index in [0.717, 1.165) is 6.42 Å². The van der Waals surface area contributed by atoms with Crippen molar-refractivity contribution in [2.75, 3.05) is 0 Å². The van der Waals surface area contributed by atoms with Crippen molar-refractivity contribution in [3.05, 3.63) is 28.1 Å². The predicted molar refractivity (Wildman–Crippen MR) is 58.5 cm³/mol. The Kier molecular flexibility index (Phi) is 3.38. The van der Waals surface area contributed by atoms with Crippen molar-refractivity contribution in [1.82, 2.24) is 10.1 Å². The molecule has 2 aromatic heterocycles. The first-order chi connectivity index (χ1) is 8.61. The third-order valence-corrected chi connectivity index (χ3v) is 2.28. The molecule has 0 fully saturated rings. The molecule has 18 heavy (non-hydrogen) atoms. The van der Waals surface area contributed by atoms with Gasteiger partial charge in [0, 0.05) is 0 Å². The van der Waals surface area contributed by atoms with Crippen LogP contribution in [0, 0.1) is 10.1 Å². The van der Waals surface area contributed by atoms with Crippen LogP contribution >= 0.6 is 0 Å². The Morgan fingerprint density at radius 1 is 1.56 bits per heavy atom. The Bertz CT molecular complexity index is 547. The van der Waals surface area contributed by atoms with Crippen molar-refractivity contribution in [1.29, 1.82) is 0 Å². The number of hydrogen-bond acceptors (Lipinski definition) is 7. The second-order valence-corrected chi connectivity index (χ2v) is 3.66. The van der Waals surface area contributed by atoms with Crippen molar-refractivity contribution >= 4 is 5.88 Å². The molecule has 0 aromatic carbocycles. The van der Waals surface area contributed by atoms with Crippen LogP contribution in [0.15, 0.2) is 21.1 Å². The van der Waals surface area contributed by atoms with Crippen molar-refractivity contribution < 1.29 is 19.0 Å². The SMILES string of the molecule is CCCC(O)c1noc(-c2ccc([N+](=O)[O-])o2)n1. The van der Waals surface area contributed by atoms with Gasteiger partial charge in [-0.2, -0.15) is 4.98 Å². The van der Waals surface area contributed by atoms with Crippen LogP contribution in [-0.2, 0) is 0 Å². The molecule has 0 amide bonds. The summed E-state index contributed by atoms with van der Waals surface area (Å²) >= 11 is 0. The van der Waals surface area contributed by atoms with Gasteiger partial charge in [0.05, 0.1) is 6.07 Å². The molecule has 8 nitrogen and oxygen atoms in total. The highest BCUT2D eigenvalue weighted by molar-refractivity contribution is 5.46. The zero-order chi connectivity index (χ0) is 13.1. The highest BCUT2D eigenvalue weighted by atomic mass is 16.6. The highest BCUT2D eigenvalue weighted by Crippen LogP contribution is 2.26. The third kappa shape index (κ3) is 2.38. The van der Waals surface area contributed by atoms with Gasteiger partial charge in [-0.25, -0.2) is 0 Å². The lowest BCUT2D eigenvalue weighted by molar-refractivity contribution is -0.401. The zero-order valence-corrected chi connectivity index (χ0v) is 9.57. The number of nitro groups is 1. The molecule has 0 aliphatic rings. The van der Waals surface area contributed by atoms with Gasteiger partial charge in [0.15, 0.2) is 5.76 Å². The summed E-state index contributed by atoms with van der Waals surface area (Å²) < 4.78 is 9.78. The molecule has 0 bridgehead atoms. The number of aromatic nitrogens is 2. The molecule has 96 valence electrons. The fraction of sp³-hybridized carbons (Fsp3) is 0.400. The normalized spacial score (nSPS) is 12.6. The smallest absolute Gasteiger partial charge is 0.395 e. The summed E-state index contributed by atoms with van der Waals surface area (Å²) in [7, 11) is 0. The van der Waals surface area contributed by atoms with Crippen molar-refractivity contribution in [3.8, 4) is 11.7 Å². The first-order valence-corrected chi connectivity index (χ1v) is 5.38. The highest BCUT2D eigenvalue weighted by Gasteiger charge is 2.20. The molecule has 0 aliphatic carbocycles. The fourth-order valence-corrected chi connectivity index (χ4v) is 1.41. The summed E-state index contributed by atoms with van der Waals surface area (Å²) in [6, 6.07) is 2.56. The molecule has 0 saturated carbocycles. The molecule has 0 saturated heterocycles. The van der Waals surface area contributed by atoms with Gasteiger partial charge in [-0.15, -0.1) is 0 Å². The van der Waals surface area contributed by atoms with E-state index in [2.05, 4.69) is 10.1 Å². The van der Waals surface area contributed by atoms with E-state index in [-0.39, 0.29) is 17.5 Å². The topological polar surface area (TPSA) is 115 Å². The summed E-state index contributed by atoms with van der Waals surface area (Å²) in [6.07, 6.45) is 0.478. The Morgan fingerprint density at radius 2 is 2.33 bits per heavy atom. The summed E-state index contributed by atoms with van der Waals surface area (Å²) in [6.45, 7) is 1.92. The summed E-state index contributed by atoms with van der Waals surface area (Å²) in [5.41, 5.74) is 0. The molecular weight excluding hydrogens is 242 g/mol. The number of nitrogens with zero attached hydrogens (tertiary/aromatic N) is 3. The summed E-state index contributed by atoms with van der Waals surface area (Å²) in [5, 5.41) is 23.7. The van der Waals surface area contributed by atoms with Crippen LogP contribution in [0.1, 0.15) is 31.7 Å². The molecule has 2 rings (SSSR count). The summed E-state index contributed by atoms with van der Waals surface area (Å²) in [4.78, 5) is 13.7. The maximum atomic E-state index is 10.4. The van der Waals surface area contributed by atoms with Gasteiger partial charge in [0.2, 0.25) is 5.82 Å². The standard InChI is InChI=1S/C10H11N3O5/c1-2-3-6(14)9-11-10(18-12-9)7-4-5-8(17-7)13(15)16/h4-6,14H,2-3H2,1H3. The van der Waals surface area contributed by atoms with Gasteiger partial charge < -0.3 is 14.0 Å². The maximum absolute atomic E-state index is 10.4. The quantitative estimate of drug-likeness (QED) is 0.640. The van der Waals surface area contributed by atoms with Crippen LogP contribution in [0.4, 0.5) is 5.88 Å². The zero-order valence-electron chi connectivity index (χ0n) is 9.57. The molecule has 1 atom stereocenters. The second-order valence-electron chi connectivity index (χ2n) is 3.66. The lowest BCUT2D eigenvalue weighted by Gasteiger charge is -2.00. The van der Waals surface area contributed by atoms with Crippen molar-refractivity contribution in [3.63, 3.8) is 0 Å². The summed E-state index contributed by atoms with van der Waals surface area (Å²) in [5.74, 6) is -0.151. The molecule has 0 radical (unpaired) electrons. The monoisotopic (exact) mass is 253 g/mol. The number of hydrogen-bond donors (Lipinski definition) is 1. The molecule has 1 unspecified atom stereocenters. The van der Waals surface area contributed by atoms with Crippen molar-refractivity contribution in [2.24, 2.45) is 0 Å². The lowest BCUT2D eigenvalue weighted by Crippen LogP contribution is -1.98. The molecule has 2 heterocycles. The maximum Gasteiger partial charge on any atom is 0.433 e. The van der Waals surface area contributed by atoms with Gasteiger partial charge in [0.25, 0.3) is 5.89 Å². The van der Waals surface area contributed by atoms with E-state index in [1.165, 1.54) is 12.1 Å². The van der Waals surface area contributed by atoms with E-state index in [1.54, 1.807) is 0 Å². The van der Waals surface area contributed by atoms with Crippen LogP contribution in [0.3, 0.4) is 0 Å². The van der Waals surface area contributed by atoms with E-state index >= 15 is 0 Å². The van der Waals surface area contributed by atoms with Crippen LogP contribution < -0.4 is 0 Å². The second kappa shape index (κ2) is 4.96. The minimum absolute atomic E-state index is 0.00764. The Morgan fingerprint density at radius 3 is 2.94 bits per heavy atom. The van der Waals surface area contributed by atoms with E-state index in [9.17, 15) is 15.2 Å². The van der Waals surface area contributed by atoms with E-state index in [0.29, 0.717) is 6.42 Å². The van der Waals surface area contributed by atoms with Gasteiger partial charge in [0.1, 0.15) is 11.0 Å².